The average molecular weight is 96.1 g/mol. The standard InChI is InChI=1S/CH4F2NSi/c2-5(3)1-4/h1,4H2. The first-order chi connectivity index (χ1) is 2.27. The van der Waals surface area contributed by atoms with Crippen LogP contribution in [0.1, 0.15) is 0 Å². The predicted molar refractivity (Wildman–Crippen MR) is 17.0 cm³/mol. The molecular weight excluding hydrogens is 92.1 g/mol. The highest BCUT2D eigenvalue weighted by Gasteiger charge is 2.02. The van der Waals surface area contributed by atoms with Crippen molar-refractivity contribution in [1.82, 2.24) is 0 Å². The van der Waals surface area contributed by atoms with E-state index in [1.165, 1.54) is 0 Å². The molecule has 0 aromatic carbocycles. The minimum Gasteiger partial charge on any atom is -0.328 e. The van der Waals surface area contributed by atoms with Crippen molar-refractivity contribution < 1.29 is 8.22 Å². The monoisotopic (exact) mass is 96.0 g/mol. The van der Waals surface area contributed by atoms with Crippen molar-refractivity contribution in [3.8, 4) is 0 Å². The summed E-state index contributed by atoms with van der Waals surface area (Å²) >= 11 is 0. The zero-order chi connectivity index (χ0) is 4.28. The summed E-state index contributed by atoms with van der Waals surface area (Å²) in [5.41, 5.74) is 4.47. The summed E-state index contributed by atoms with van der Waals surface area (Å²) in [6.07, 6.45) is -0.426. The largest absolute Gasteiger partial charge is 0.490 e. The predicted octanol–water partition coefficient (Wildman–Crippen LogP) is -0.0885. The Balaban J connectivity index is 2.54. The maximum absolute atomic E-state index is 10.7. The lowest BCUT2D eigenvalue weighted by molar-refractivity contribution is 0.657. The summed E-state index contributed by atoms with van der Waals surface area (Å²) in [6, 6.07) is 0. The van der Waals surface area contributed by atoms with Gasteiger partial charge in [0.1, 0.15) is 0 Å². The van der Waals surface area contributed by atoms with E-state index in [1.54, 1.807) is 0 Å². The van der Waals surface area contributed by atoms with Gasteiger partial charge >= 0.3 is 9.46 Å². The zero-order valence-corrected chi connectivity index (χ0v) is 3.54. The molecule has 0 spiro atoms. The van der Waals surface area contributed by atoms with Crippen molar-refractivity contribution >= 4 is 9.46 Å². The third kappa shape index (κ3) is 4.04. The van der Waals surface area contributed by atoms with Crippen LogP contribution in [0.5, 0.6) is 0 Å². The highest BCUT2D eigenvalue weighted by atomic mass is 28.4. The first kappa shape index (κ1) is 5.04. The van der Waals surface area contributed by atoms with E-state index < -0.39 is 15.6 Å². The maximum atomic E-state index is 10.7. The molecule has 0 amide bonds. The lowest BCUT2D eigenvalue weighted by Gasteiger charge is -1.76. The van der Waals surface area contributed by atoms with Crippen molar-refractivity contribution in [3.05, 3.63) is 0 Å². The van der Waals surface area contributed by atoms with Gasteiger partial charge < -0.3 is 5.73 Å². The van der Waals surface area contributed by atoms with E-state index in [0.717, 1.165) is 0 Å². The van der Waals surface area contributed by atoms with E-state index in [0.29, 0.717) is 0 Å². The molecule has 0 rings (SSSR count). The second-order valence-corrected chi connectivity index (χ2v) is 1.63. The highest BCUT2D eigenvalue weighted by molar-refractivity contribution is 6.42. The Kier molecular flexibility index (Phi) is 2.30. The fraction of sp³-hybridized carbons (Fsp3) is 1.00. The molecule has 0 atom stereocenters. The summed E-state index contributed by atoms with van der Waals surface area (Å²) in [6.45, 7) is 0. The molecule has 0 saturated heterocycles. The molecule has 0 aliphatic carbocycles. The number of hydrogen-bond acceptors (Lipinski definition) is 1. The second kappa shape index (κ2) is 2.28. The van der Waals surface area contributed by atoms with E-state index in [4.69, 9.17) is 0 Å². The Bertz CT molecular complexity index is 23.6. The molecule has 31 valence electrons. The number of nitrogens with two attached hydrogens (primary N) is 1. The van der Waals surface area contributed by atoms with Gasteiger partial charge in [0.25, 0.3) is 0 Å². The van der Waals surface area contributed by atoms with Crippen LogP contribution in [0.3, 0.4) is 0 Å². The first-order valence-electron chi connectivity index (χ1n) is 1.14. The first-order valence-corrected chi connectivity index (χ1v) is 2.60. The molecule has 2 N–H and O–H groups in total. The second-order valence-electron chi connectivity index (χ2n) is 0.543. The quantitative estimate of drug-likeness (QED) is 0.358. The Labute approximate surface area is 30.7 Å². The molecule has 0 aliphatic rings. The van der Waals surface area contributed by atoms with Crippen LogP contribution in [-0.2, 0) is 0 Å². The molecule has 5 heavy (non-hydrogen) atoms. The molecule has 0 aromatic heterocycles. The molecule has 0 bridgehead atoms. The summed E-state index contributed by atoms with van der Waals surface area (Å²) in [5.74, 6) is 0. The summed E-state index contributed by atoms with van der Waals surface area (Å²) in [4.78, 5) is 0. The number of hydrogen-bond donors (Lipinski definition) is 1. The van der Waals surface area contributed by atoms with Crippen LogP contribution in [0.2, 0.25) is 0 Å². The minimum absolute atomic E-state index is 0.426. The summed E-state index contributed by atoms with van der Waals surface area (Å²) in [7, 11) is -3.10. The van der Waals surface area contributed by atoms with Gasteiger partial charge in [-0.2, -0.15) is 0 Å². The Morgan fingerprint density at radius 1 is 1.60 bits per heavy atom. The van der Waals surface area contributed by atoms with Crippen LogP contribution in [0.4, 0.5) is 8.22 Å². The average Bonchev–Trinajstić information content (AvgIpc) is 1.38. The number of halogens is 2. The van der Waals surface area contributed by atoms with Crippen LogP contribution in [0.25, 0.3) is 0 Å². The molecule has 0 aromatic rings. The van der Waals surface area contributed by atoms with Gasteiger partial charge in [-0.05, 0) is 0 Å². The molecule has 0 fully saturated rings. The highest BCUT2D eigenvalue weighted by Crippen LogP contribution is 1.75. The van der Waals surface area contributed by atoms with Gasteiger partial charge in [0, 0.05) is 6.17 Å². The Morgan fingerprint density at radius 3 is 1.80 bits per heavy atom. The van der Waals surface area contributed by atoms with E-state index >= 15 is 0 Å². The third-order valence-corrected chi connectivity index (χ3v) is 0.463. The minimum atomic E-state index is -3.10. The number of rotatable bonds is 1. The van der Waals surface area contributed by atoms with Crippen molar-refractivity contribution in [2.45, 2.75) is 0 Å². The molecular formula is CH4F2NSi. The molecule has 1 nitrogen and oxygen atoms in total. The fourth-order valence-electron chi connectivity index (χ4n) is 0. The van der Waals surface area contributed by atoms with Gasteiger partial charge in [-0.25, -0.2) is 0 Å². The smallest absolute Gasteiger partial charge is 0.328 e. The molecule has 1 radical (unpaired) electrons. The van der Waals surface area contributed by atoms with E-state index in [2.05, 4.69) is 5.73 Å². The summed E-state index contributed by atoms with van der Waals surface area (Å²) in [5, 5.41) is 0. The van der Waals surface area contributed by atoms with Crippen molar-refractivity contribution in [2.24, 2.45) is 5.73 Å². The fourth-order valence-corrected chi connectivity index (χ4v) is 0. The van der Waals surface area contributed by atoms with E-state index in [-0.39, 0.29) is 0 Å². The Hall–Kier alpha value is 0.0369. The zero-order valence-electron chi connectivity index (χ0n) is 2.54. The van der Waals surface area contributed by atoms with Crippen LogP contribution < -0.4 is 5.73 Å². The Morgan fingerprint density at radius 2 is 1.80 bits per heavy atom. The topological polar surface area (TPSA) is 26.0 Å². The lowest BCUT2D eigenvalue weighted by atomic mass is 11.5. The van der Waals surface area contributed by atoms with Crippen molar-refractivity contribution in [2.75, 3.05) is 6.17 Å². The van der Waals surface area contributed by atoms with Gasteiger partial charge in [-0.3, -0.25) is 8.22 Å². The molecule has 0 saturated carbocycles. The van der Waals surface area contributed by atoms with Gasteiger partial charge in [-0.1, -0.05) is 0 Å². The lowest BCUT2D eigenvalue weighted by Crippen LogP contribution is -2.13. The third-order valence-electron chi connectivity index (χ3n) is 0.154. The van der Waals surface area contributed by atoms with Gasteiger partial charge in [0.2, 0.25) is 0 Å². The van der Waals surface area contributed by atoms with Crippen molar-refractivity contribution in [3.63, 3.8) is 0 Å². The van der Waals surface area contributed by atoms with E-state index in [9.17, 15) is 8.22 Å². The van der Waals surface area contributed by atoms with Gasteiger partial charge in [-0.15, -0.1) is 0 Å². The van der Waals surface area contributed by atoms with Crippen LogP contribution in [0.15, 0.2) is 0 Å². The van der Waals surface area contributed by atoms with Crippen LogP contribution in [0, 0.1) is 0 Å². The van der Waals surface area contributed by atoms with E-state index in [1.807, 2.05) is 0 Å². The van der Waals surface area contributed by atoms with Gasteiger partial charge in [0.05, 0.1) is 0 Å². The van der Waals surface area contributed by atoms with Crippen molar-refractivity contribution in [1.29, 1.82) is 0 Å². The summed E-state index contributed by atoms with van der Waals surface area (Å²) < 4.78 is 21.5. The van der Waals surface area contributed by atoms with Crippen LogP contribution >= 0.6 is 0 Å². The molecule has 0 aliphatic heterocycles. The molecule has 0 unspecified atom stereocenters. The normalized spacial score (nSPS) is 9.60. The van der Waals surface area contributed by atoms with Gasteiger partial charge in [0.15, 0.2) is 0 Å². The molecule has 4 heteroatoms. The van der Waals surface area contributed by atoms with Crippen LogP contribution in [-0.4, -0.2) is 15.6 Å². The SMILES string of the molecule is NC[Si](F)F. The maximum Gasteiger partial charge on any atom is 0.490 e. The molecule has 0 heterocycles.